The number of rotatable bonds is 5. The predicted octanol–water partition coefficient (Wildman–Crippen LogP) is 5.96. The van der Waals surface area contributed by atoms with Gasteiger partial charge in [-0.2, -0.15) is 0 Å². The van der Waals surface area contributed by atoms with Crippen LogP contribution in [0.1, 0.15) is 43.9 Å². The summed E-state index contributed by atoms with van der Waals surface area (Å²) in [6.45, 7) is 5.91. The number of amides is 2. The fourth-order valence-electron chi connectivity index (χ4n) is 7.39. The molecule has 0 radical (unpaired) electrons. The molecule has 3 aliphatic rings. The largest absolute Gasteiger partial charge is 0.298 e. The lowest BCUT2D eigenvalue weighted by atomic mass is 9.62. The highest BCUT2D eigenvalue weighted by molar-refractivity contribution is 6.34. The Morgan fingerprint density at radius 3 is 1.81 bits per heavy atom. The minimum absolute atomic E-state index is 0.00957. The van der Waals surface area contributed by atoms with E-state index in [1.54, 1.807) is 0 Å². The number of allylic oxidation sites excluding steroid dienone is 2. The highest BCUT2D eigenvalue weighted by Crippen LogP contribution is 2.74. The summed E-state index contributed by atoms with van der Waals surface area (Å²) < 4.78 is 0. The Balaban J connectivity index is 1.65. The van der Waals surface area contributed by atoms with E-state index in [2.05, 4.69) is 0 Å². The van der Waals surface area contributed by atoms with Crippen molar-refractivity contribution in [2.75, 3.05) is 4.90 Å². The van der Waals surface area contributed by atoms with E-state index < -0.39 is 22.7 Å². The molecule has 2 fully saturated rings. The maximum atomic E-state index is 14.5. The number of hydrogen-bond donors (Lipinski definition) is 0. The molecule has 1 heterocycles. The average Bonchev–Trinajstić information content (AvgIpc) is 3.39. The first-order chi connectivity index (χ1) is 17.4. The van der Waals surface area contributed by atoms with Crippen molar-refractivity contribution in [2.45, 2.75) is 33.6 Å². The number of para-hydroxylation sites is 1. The van der Waals surface area contributed by atoms with Gasteiger partial charge in [-0.25, -0.2) is 4.90 Å². The van der Waals surface area contributed by atoms with Gasteiger partial charge >= 0.3 is 0 Å². The van der Waals surface area contributed by atoms with Crippen LogP contribution in [-0.4, -0.2) is 17.6 Å². The van der Waals surface area contributed by atoms with Crippen molar-refractivity contribution in [3.8, 4) is 0 Å². The van der Waals surface area contributed by atoms with E-state index in [0.29, 0.717) is 18.5 Å². The van der Waals surface area contributed by atoms with Crippen LogP contribution in [0.25, 0.3) is 11.1 Å². The molecule has 2 amide bonds. The quantitative estimate of drug-likeness (QED) is 0.428. The summed E-state index contributed by atoms with van der Waals surface area (Å²) in [6, 6.07) is 27.5. The van der Waals surface area contributed by atoms with Gasteiger partial charge in [0, 0.05) is 0 Å². The molecule has 0 aromatic heterocycles. The Labute approximate surface area is 211 Å². The summed E-state index contributed by atoms with van der Waals surface area (Å²) in [5.74, 6) is -1.91. The third-order valence-corrected chi connectivity index (χ3v) is 8.85. The van der Waals surface area contributed by atoms with Crippen molar-refractivity contribution in [3.63, 3.8) is 0 Å². The number of carbonyl (C=O) groups excluding carboxylic acids is 3. The summed E-state index contributed by atoms with van der Waals surface area (Å²) >= 11 is 0. The molecule has 1 aliphatic heterocycles. The van der Waals surface area contributed by atoms with Crippen LogP contribution in [0.3, 0.4) is 0 Å². The molecule has 1 saturated carbocycles. The Hall–Kier alpha value is -3.79. The fraction of sp³-hybridized carbons (Fsp3) is 0.281. The Bertz CT molecular complexity index is 1440. The number of benzene rings is 3. The van der Waals surface area contributed by atoms with Crippen molar-refractivity contribution in [3.05, 3.63) is 102 Å². The molecular formula is C32H29NO3. The normalized spacial score (nSPS) is 28.9. The summed E-state index contributed by atoms with van der Waals surface area (Å²) in [6.07, 6.45) is 1.17. The van der Waals surface area contributed by atoms with Crippen LogP contribution in [0.4, 0.5) is 5.69 Å². The Morgan fingerprint density at radius 2 is 1.22 bits per heavy atom. The second kappa shape index (κ2) is 7.86. The van der Waals surface area contributed by atoms with Crippen LogP contribution in [0.15, 0.2) is 84.9 Å². The van der Waals surface area contributed by atoms with Gasteiger partial charge in [0.2, 0.25) is 11.8 Å². The van der Waals surface area contributed by atoms with E-state index >= 15 is 0 Å². The molecule has 3 aromatic carbocycles. The molecule has 180 valence electrons. The number of aryl methyl sites for hydroxylation is 1. The molecule has 0 spiro atoms. The lowest BCUT2D eigenvalue weighted by Gasteiger charge is -2.37. The van der Waals surface area contributed by atoms with Gasteiger partial charge in [-0.15, -0.1) is 0 Å². The third kappa shape index (κ3) is 2.57. The molecule has 2 aliphatic carbocycles. The number of anilines is 1. The lowest BCUT2D eigenvalue weighted by molar-refractivity contribution is -0.134. The maximum Gasteiger partial charge on any atom is 0.239 e. The highest BCUT2D eigenvalue weighted by atomic mass is 16.2. The van der Waals surface area contributed by atoms with Crippen LogP contribution >= 0.6 is 0 Å². The molecule has 4 heteroatoms. The van der Waals surface area contributed by atoms with Gasteiger partial charge in [-0.05, 0) is 53.7 Å². The number of nitrogens with zero attached hydrogens (tertiary/aromatic N) is 1. The average molecular weight is 476 g/mol. The van der Waals surface area contributed by atoms with E-state index in [0.717, 1.165) is 27.8 Å². The van der Waals surface area contributed by atoms with E-state index in [4.69, 9.17) is 0 Å². The second-order valence-corrected chi connectivity index (χ2v) is 10.3. The monoisotopic (exact) mass is 475 g/mol. The van der Waals surface area contributed by atoms with Gasteiger partial charge in [0.15, 0.2) is 5.78 Å². The summed E-state index contributed by atoms with van der Waals surface area (Å²) in [5, 5.41) is 0. The van der Waals surface area contributed by atoms with E-state index in [1.807, 2.05) is 106 Å². The van der Waals surface area contributed by atoms with E-state index in [-0.39, 0.29) is 17.6 Å². The second-order valence-electron chi connectivity index (χ2n) is 10.3. The molecule has 3 aromatic rings. The van der Waals surface area contributed by atoms with Crippen molar-refractivity contribution in [1.29, 1.82) is 0 Å². The van der Waals surface area contributed by atoms with Crippen LogP contribution in [-0.2, 0) is 20.8 Å². The zero-order valence-electron chi connectivity index (χ0n) is 20.8. The SMILES string of the molecule is CCc1ccccc1N1C(=O)C2C(C1=O)C1(CC)C(=O)C2(C)C(c2ccccc2)=C1c1ccccc1. The standard InChI is InChI=1S/C32H29NO3/c1-4-20-14-12-13-19-23(20)33-28(34)26-27(29(33)35)32(5-2)25(22-17-10-7-11-18-22)24(31(26,3)30(32)36)21-15-8-6-9-16-21/h6-19,26-27H,4-5H2,1-3H3. The third-order valence-electron chi connectivity index (χ3n) is 8.85. The van der Waals surface area contributed by atoms with Crippen LogP contribution < -0.4 is 4.90 Å². The van der Waals surface area contributed by atoms with Crippen LogP contribution in [0.2, 0.25) is 0 Å². The van der Waals surface area contributed by atoms with Crippen molar-refractivity contribution in [2.24, 2.45) is 22.7 Å². The molecule has 0 N–H and O–H groups in total. The first-order valence-corrected chi connectivity index (χ1v) is 12.8. The van der Waals surface area contributed by atoms with Crippen molar-refractivity contribution in [1.82, 2.24) is 0 Å². The number of carbonyl (C=O) groups is 3. The van der Waals surface area contributed by atoms with Crippen LogP contribution in [0, 0.1) is 22.7 Å². The van der Waals surface area contributed by atoms with Gasteiger partial charge in [0.05, 0.1) is 28.4 Å². The topological polar surface area (TPSA) is 54.5 Å². The zero-order chi connectivity index (χ0) is 25.2. The summed E-state index contributed by atoms with van der Waals surface area (Å²) in [7, 11) is 0. The van der Waals surface area contributed by atoms with Gasteiger partial charge in [-0.3, -0.25) is 14.4 Å². The minimum atomic E-state index is -1.09. The number of ketones is 1. The maximum absolute atomic E-state index is 14.5. The molecule has 6 rings (SSSR count). The number of imide groups is 1. The molecule has 4 nitrogen and oxygen atoms in total. The summed E-state index contributed by atoms with van der Waals surface area (Å²) in [4.78, 5) is 44.4. The smallest absolute Gasteiger partial charge is 0.239 e. The molecule has 4 unspecified atom stereocenters. The summed E-state index contributed by atoms with van der Waals surface area (Å²) in [5.41, 5.74) is 3.16. The van der Waals surface area contributed by atoms with Gasteiger partial charge < -0.3 is 0 Å². The number of hydrogen-bond acceptors (Lipinski definition) is 3. The zero-order valence-corrected chi connectivity index (χ0v) is 20.8. The Kier molecular flexibility index (Phi) is 4.95. The van der Waals surface area contributed by atoms with E-state index in [9.17, 15) is 14.4 Å². The molecule has 2 bridgehead atoms. The number of fused-ring (bicyclic) bond motifs is 5. The minimum Gasteiger partial charge on any atom is -0.298 e. The molecule has 1 saturated heterocycles. The van der Waals surface area contributed by atoms with Crippen molar-refractivity contribution >= 4 is 34.4 Å². The van der Waals surface area contributed by atoms with Gasteiger partial charge in [0.25, 0.3) is 0 Å². The fourth-order valence-corrected chi connectivity index (χ4v) is 7.39. The van der Waals surface area contributed by atoms with Crippen molar-refractivity contribution < 1.29 is 14.4 Å². The highest BCUT2D eigenvalue weighted by Gasteiger charge is 2.79. The van der Waals surface area contributed by atoms with E-state index in [1.165, 1.54) is 4.90 Å². The first kappa shape index (κ1) is 22.7. The van der Waals surface area contributed by atoms with Gasteiger partial charge in [0.1, 0.15) is 0 Å². The number of Topliss-reactive ketones (excluding diaryl/α,β-unsaturated/α-hetero) is 1. The molecule has 36 heavy (non-hydrogen) atoms. The van der Waals surface area contributed by atoms with Gasteiger partial charge in [-0.1, -0.05) is 92.7 Å². The molecular weight excluding hydrogens is 446 g/mol. The predicted molar refractivity (Wildman–Crippen MR) is 141 cm³/mol. The Morgan fingerprint density at radius 1 is 0.694 bits per heavy atom. The van der Waals surface area contributed by atoms with Crippen LogP contribution in [0.5, 0.6) is 0 Å². The lowest BCUT2D eigenvalue weighted by Crippen LogP contribution is -2.41. The molecule has 4 atom stereocenters. The first-order valence-electron chi connectivity index (χ1n) is 12.8.